The van der Waals surface area contributed by atoms with Gasteiger partial charge in [-0.25, -0.2) is 18.7 Å². The van der Waals surface area contributed by atoms with Crippen LogP contribution in [-0.4, -0.2) is 56.0 Å². The molecule has 0 radical (unpaired) electrons. The first-order valence-electron chi connectivity index (χ1n) is 12.0. The molecule has 206 valence electrons. The predicted octanol–water partition coefficient (Wildman–Crippen LogP) is 4.10. The van der Waals surface area contributed by atoms with E-state index in [4.69, 9.17) is 37.3 Å². The maximum absolute atomic E-state index is 14.3. The molecule has 0 unspecified atom stereocenters. The Hall–Kier alpha value is -3.47. The number of esters is 2. The maximum Gasteiger partial charge on any atom is 0.590 e. The number of para-hydroxylation sites is 2. The van der Waals surface area contributed by atoms with Crippen molar-refractivity contribution in [2.24, 2.45) is 0 Å². The van der Waals surface area contributed by atoms with Gasteiger partial charge in [-0.05, 0) is 50.3 Å². The lowest BCUT2D eigenvalue weighted by Crippen LogP contribution is -2.46. The molecule has 1 fully saturated rings. The zero-order valence-electron chi connectivity index (χ0n) is 21.7. The number of fused-ring (bicyclic) bond motifs is 2. The van der Waals surface area contributed by atoms with Crippen molar-refractivity contribution in [3.05, 3.63) is 84.0 Å². The SMILES string of the molecule is COC(=O)C1=C(C(=O)OC)[C@]2([C@H]3COC(C)(C)O3)C=C[C@@]1(OP(=O)(Oc1ccccc1)Oc1ccccc1)O2. The lowest BCUT2D eigenvalue weighted by atomic mass is 9.82. The first kappa shape index (κ1) is 27.1. The summed E-state index contributed by atoms with van der Waals surface area (Å²) in [6.07, 6.45) is 1.92. The predicted molar refractivity (Wildman–Crippen MR) is 134 cm³/mol. The Bertz CT molecular complexity index is 1330. The Morgan fingerprint density at radius 3 is 1.87 bits per heavy atom. The average Bonchev–Trinajstić information content (AvgIpc) is 3.56. The van der Waals surface area contributed by atoms with E-state index in [1.807, 2.05) is 0 Å². The molecular weight excluding hydrogens is 531 g/mol. The summed E-state index contributed by atoms with van der Waals surface area (Å²) in [5.74, 6) is -4.81. The third-order valence-electron chi connectivity index (χ3n) is 6.29. The van der Waals surface area contributed by atoms with Gasteiger partial charge in [-0.3, -0.25) is 0 Å². The second-order valence-corrected chi connectivity index (χ2v) is 10.7. The molecular formula is C27H27O11P. The van der Waals surface area contributed by atoms with Gasteiger partial charge in [-0.2, -0.15) is 0 Å². The Kier molecular flexibility index (Phi) is 6.90. The minimum absolute atomic E-state index is 0.00105. The first-order chi connectivity index (χ1) is 18.6. The van der Waals surface area contributed by atoms with Crippen LogP contribution in [0.3, 0.4) is 0 Å². The number of hydrogen-bond acceptors (Lipinski definition) is 11. The summed E-state index contributed by atoms with van der Waals surface area (Å²) in [7, 11) is -2.37. The Morgan fingerprint density at radius 2 is 1.38 bits per heavy atom. The smallest absolute Gasteiger partial charge is 0.466 e. The monoisotopic (exact) mass is 558 g/mol. The van der Waals surface area contributed by atoms with Gasteiger partial charge in [0.2, 0.25) is 5.79 Å². The zero-order valence-corrected chi connectivity index (χ0v) is 22.5. The Balaban J connectivity index is 1.62. The molecule has 0 aliphatic carbocycles. The largest absolute Gasteiger partial charge is 0.590 e. The topological polar surface area (TPSA) is 125 Å². The van der Waals surface area contributed by atoms with Gasteiger partial charge in [0.1, 0.15) is 23.2 Å². The molecule has 3 heterocycles. The number of hydrogen-bond donors (Lipinski definition) is 0. The molecule has 5 rings (SSSR count). The van der Waals surface area contributed by atoms with Crippen LogP contribution >= 0.6 is 7.82 Å². The van der Waals surface area contributed by atoms with E-state index in [1.165, 1.54) is 12.2 Å². The van der Waals surface area contributed by atoms with Gasteiger partial charge in [-0.15, -0.1) is 0 Å². The number of carbonyl (C=O) groups excluding carboxylic acids is 2. The molecule has 12 heteroatoms. The molecule has 0 N–H and O–H groups in total. The van der Waals surface area contributed by atoms with Gasteiger partial charge in [0, 0.05) is 0 Å². The summed E-state index contributed by atoms with van der Waals surface area (Å²) in [4.78, 5) is 26.4. The van der Waals surface area contributed by atoms with Gasteiger partial charge in [0.05, 0.1) is 26.4 Å². The molecule has 2 aromatic carbocycles. The minimum Gasteiger partial charge on any atom is -0.466 e. The molecule has 2 aromatic rings. The van der Waals surface area contributed by atoms with E-state index in [-0.39, 0.29) is 29.3 Å². The number of phosphoric acid groups is 1. The van der Waals surface area contributed by atoms with Gasteiger partial charge in [0.15, 0.2) is 11.4 Å². The van der Waals surface area contributed by atoms with Crippen LogP contribution in [0.15, 0.2) is 84.0 Å². The van der Waals surface area contributed by atoms with Crippen LogP contribution in [0.25, 0.3) is 0 Å². The minimum atomic E-state index is -4.65. The van der Waals surface area contributed by atoms with Crippen LogP contribution in [-0.2, 0) is 42.4 Å². The number of benzene rings is 2. The van der Waals surface area contributed by atoms with Gasteiger partial charge in [0.25, 0.3) is 0 Å². The second-order valence-electron chi connectivity index (χ2n) is 9.29. The van der Waals surface area contributed by atoms with Gasteiger partial charge >= 0.3 is 19.8 Å². The number of methoxy groups -OCH3 is 2. The molecule has 39 heavy (non-hydrogen) atoms. The number of carbonyl (C=O) groups is 2. The number of phosphoric ester groups is 1. The fraction of sp³-hybridized carbons (Fsp3) is 0.333. The quantitative estimate of drug-likeness (QED) is 0.251. The van der Waals surface area contributed by atoms with E-state index >= 15 is 0 Å². The van der Waals surface area contributed by atoms with Crippen molar-refractivity contribution in [2.45, 2.75) is 37.1 Å². The molecule has 0 spiro atoms. The summed E-state index contributed by atoms with van der Waals surface area (Å²) >= 11 is 0. The molecule has 3 aliphatic rings. The molecule has 0 saturated carbocycles. The van der Waals surface area contributed by atoms with Crippen LogP contribution in [0.2, 0.25) is 0 Å². The highest BCUT2D eigenvalue weighted by Crippen LogP contribution is 2.62. The first-order valence-corrected chi connectivity index (χ1v) is 13.5. The highest BCUT2D eigenvalue weighted by atomic mass is 31.2. The third kappa shape index (κ3) is 4.88. The summed E-state index contributed by atoms with van der Waals surface area (Å²) in [5.41, 5.74) is -2.33. The van der Waals surface area contributed by atoms with Crippen molar-refractivity contribution in [3.63, 3.8) is 0 Å². The molecule has 1 saturated heterocycles. The van der Waals surface area contributed by atoms with E-state index in [9.17, 15) is 14.2 Å². The fourth-order valence-corrected chi connectivity index (χ4v) is 6.06. The van der Waals surface area contributed by atoms with E-state index in [1.54, 1.807) is 74.5 Å². The fourth-order valence-electron chi connectivity index (χ4n) is 4.67. The molecule has 3 atom stereocenters. The molecule has 11 nitrogen and oxygen atoms in total. The highest BCUT2D eigenvalue weighted by molar-refractivity contribution is 7.49. The third-order valence-corrected chi connectivity index (χ3v) is 7.66. The Morgan fingerprint density at radius 1 is 0.846 bits per heavy atom. The summed E-state index contributed by atoms with van der Waals surface area (Å²) in [5, 5.41) is 0. The normalized spacial score (nSPS) is 26.9. The van der Waals surface area contributed by atoms with Crippen molar-refractivity contribution >= 4 is 19.8 Å². The van der Waals surface area contributed by atoms with Crippen LogP contribution in [0, 0.1) is 0 Å². The van der Waals surface area contributed by atoms with Crippen LogP contribution in [0.1, 0.15) is 13.8 Å². The maximum atomic E-state index is 14.3. The van der Waals surface area contributed by atoms with Crippen LogP contribution in [0.4, 0.5) is 0 Å². The molecule has 2 bridgehead atoms. The molecule has 0 amide bonds. The van der Waals surface area contributed by atoms with Crippen molar-refractivity contribution in [1.29, 1.82) is 0 Å². The van der Waals surface area contributed by atoms with Gasteiger partial charge in [-0.1, -0.05) is 36.4 Å². The highest BCUT2D eigenvalue weighted by Gasteiger charge is 2.70. The van der Waals surface area contributed by atoms with E-state index < -0.39 is 43.0 Å². The number of rotatable bonds is 9. The number of ether oxygens (including phenoxy) is 5. The second kappa shape index (κ2) is 9.93. The van der Waals surface area contributed by atoms with Crippen LogP contribution in [0.5, 0.6) is 11.5 Å². The van der Waals surface area contributed by atoms with Gasteiger partial charge < -0.3 is 32.7 Å². The summed E-state index contributed by atoms with van der Waals surface area (Å²) in [6, 6.07) is 16.4. The van der Waals surface area contributed by atoms with Crippen LogP contribution < -0.4 is 9.05 Å². The lowest BCUT2D eigenvalue weighted by Gasteiger charge is -2.32. The average molecular weight is 558 g/mol. The Labute approximate surface area is 224 Å². The van der Waals surface area contributed by atoms with Crippen molar-refractivity contribution < 1.29 is 51.4 Å². The summed E-state index contributed by atoms with van der Waals surface area (Å²) in [6.45, 7) is 3.39. The van der Waals surface area contributed by atoms with E-state index in [2.05, 4.69) is 0 Å². The standard InChI is InChI=1S/C27H27O11P/c1-25(2)33-17-20(34-25)26-15-16-27(37-26,22(24(29)32-4)21(26)23(28)31-3)38-39(30,35-18-11-7-5-8-12-18)36-19-13-9-6-10-14-19/h5-16,20H,17H2,1-4H3/t20-,26-,27+/m1/s1. The molecule has 0 aromatic heterocycles. The van der Waals surface area contributed by atoms with E-state index in [0.717, 1.165) is 14.2 Å². The van der Waals surface area contributed by atoms with Crippen molar-refractivity contribution in [3.8, 4) is 11.5 Å². The zero-order chi connectivity index (χ0) is 27.9. The molecule has 3 aliphatic heterocycles. The van der Waals surface area contributed by atoms with E-state index in [0.29, 0.717) is 0 Å². The lowest BCUT2D eigenvalue weighted by molar-refractivity contribution is -0.199. The van der Waals surface area contributed by atoms with Crippen molar-refractivity contribution in [2.75, 3.05) is 20.8 Å². The van der Waals surface area contributed by atoms with Crippen molar-refractivity contribution in [1.82, 2.24) is 0 Å². The summed E-state index contributed by atoms with van der Waals surface area (Å²) < 4.78 is 59.9.